The Hall–Kier alpha value is 0.220. The van der Waals surface area contributed by atoms with Gasteiger partial charge >= 0.3 is 0 Å². The first-order valence-electron chi connectivity index (χ1n) is 16.1. The lowest BCUT2D eigenvalue weighted by Crippen LogP contribution is -2.42. The summed E-state index contributed by atoms with van der Waals surface area (Å²) in [6.45, 7) is 9.04. The normalized spacial score (nSPS) is 28.3. The minimum atomic E-state index is -0.657. The second kappa shape index (κ2) is 20.2. The van der Waals surface area contributed by atoms with Crippen molar-refractivity contribution in [3.63, 3.8) is 0 Å². The summed E-state index contributed by atoms with van der Waals surface area (Å²) < 4.78 is 46.2. The molecule has 46 heavy (non-hydrogen) atoms. The van der Waals surface area contributed by atoms with Crippen LogP contribution < -0.4 is 0 Å². The molecule has 2 atom stereocenters. The molecular weight excluding hydrogens is 673 g/mol. The molecule has 0 radical (unpaired) electrons. The quantitative estimate of drug-likeness (QED) is 0.473. The molecule has 0 aliphatic carbocycles. The number of thioether (sulfide) groups is 4. The summed E-state index contributed by atoms with van der Waals surface area (Å²) in [5.41, 5.74) is 1.40. The third-order valence-corrected chi connectivity index (χ3v) is 15.3. The van der Waals surface area contributed by atoms with Crippen LogP contribution in [0.2, 0.25) is 0 Å². The van der Waals surface area contributed by atoms with Gasteiger partial charge in [-0.2, -0.15) is 0 Å². The summed E-state index contributed by atoms with van der Waals surface area (Å²) in [6.07, 6.45) is -1.31. The van der Waals surface area contributed by atoms with Crippen molar-refractivity contribution in [1.29, 1.82) is 0 Å². The van der Waals surface area contributed by atoms with Crippen LogP contribution in [0.4, 0.5) is 0 Å². The third kappa shape index (κ3) is 11.6. The summed E-state index contributed by atoms with van der Waals surface area (Å²) in [7, 11) is 0. The fourth-order valence-corrected chi connectivity index (χ4v) is 11.9. The Labute approximate surface area is 290 Å². The Morgan fingerprint density at radius 2 is 0.761 bits per heavy atom. The van der Waals surface area contributed by atoms with E-state index in [1.165, 1.54) is 0 Å². The lowest BCUT2D eigenvalue weighted by molar-refractivity contribution is -0.0152. The third-order valence-electron chi connectivity index (χ3n) is 8.19. The standard InChI is InChI=1S/C32H50O10S4/c33-27(29-43-21-31(22-44-29)17-39-12-8-35-4-5-36-9-13-40-18-31)25-2-1-3-26(16-25)28(34)30-45-23-32(24-46-30)19-41-14-10-37-6-7-38-11-15-42-20-32/h1-3,16,27-30,33-34H,4-15,17-24H2. The predicted molar refractivity (Wildman–Crippen MR) is 185 cm³/mol. The van der Waals surface area contributed by atoms with Gasteiger partial charge in [0.05, 0.1) is 127 Å². The number of hydrogen-bond donors (Lipinski definition) is 2. The van der Waals surface area contributed by atoms with Gasteiger partial charge in [-0.3, -0.25) is 0 Å². The van der Waals surface area contributed by atoms with Gasteiger partial charge in [-0.25, -0.2) is 0 Å². The molecule has 1 aromatic carbocycles. The Balaban J connectivity index is 1.13. The highest BCUT2D eigenvalue weighted by Crippen LogP contribution is 2.48. The summed E-state index contributed by atoms with van der Waals surface area (Å²) >= 11 is 7.03. The Morgan fingerprint density at radius 3 is 1.07 bits per heavy atom. The van der Waals surface area contributed by atoms with Crippen LogP contribution >= 0.6 is 47.0 Å². The summed E-state index contributed by atoms with van der Waals surface area (Å²) in [6, 6.07) is 7.84. The van der Waals surface area contributed by atoms with E-state index in [9.17, 15) is 10.2 Å². The molecule has 2 unspecified atom stereocenters. The summed E-state index contributed by atoms with van der Waals surface area (Å²) in [5, 5.41) is 22.9. The van der Waals surface area contributed by atoms with Crippen molar-refractivity contribution in [2.24, 2.45) is 10.8 Å². The van der Waals surface area contributed by atoms with E-state index >= 15 is 0 Å². The number of ether oxygens (including phenoxy) is 8. The lowest BCUT2D eigenvalue weighted by Gasteiger charge is -2.40. The first-order valence-corrected chi connectivity index (χ1v) is 20.3. The number of hydrogen-bond acceptors (Lipinski definition) is 14. The van der Waals surface area contributed by atoms with Gasteiger partial charge in [-0.1, -0.05) is 24.3 Å². The van der Waals surface area contributed by atoms with E-state index in [-0.39, 0.29) is 20.0 Å². The zero-order valence-corrected chi connectivity index (χ0v) is 29.8. The molecule has 0 saturated carbocycles. The average molecular weight is 723 g/mol. The van der Waals surface area contributed by atoms with Crippen molar-refractivity contribution in [1.82, 2.24) is 0 Å². The van der Waals surface area contributed by atoms with E-state index < -0.39 is 12.2 Å². The lowest BCUT2D eigenvalue weighted by atomic mass is 9.95. The van der Waals surface area contributed by atoms with Crippen molar-refractivity contribution >= 4 is 47.0 Å². The Kier molecular flexibility index (Phi) is 16.4. The number of aliphatic hydroxyl groups is 2. The number of benzene rings is 1. The average Bonchev–Trinajstić information content (AvgIpc) is 3.13. The summed E-state index contributed by atoms with van der Waals surface area (Å²) in [4.78, 5) is 0. The van der Waals surface area contributed by atoms with Crippen molar-refractivity contribution in [2.45, 2.75) is 21.4 Å². The van der Waals surface area contributed by atoms with E-state index in [2.05, 4.69) is 0 Å². The SMILES string of the molecule is OC(c1cccc(C(O)C2SCC3(COCCOCCOCCOC3)CS2)c1)C1SCC2(COCCOCCOCCOC2)CS1. The van der Waals surface area contributed by atoms with Gasteiger partial charge in [0.15, 0.2) is 0 Å². The molecule has 0 amide bonds. The van der Waals surface area contributed by atoms with Crippen molar-refractivity contribution in [3.05, 3.63) is 35.4 Å². The molecule has 262 valence electrons. The number of aliphatic hydroxyl groups excluding tert-OH is 2. The highest BCUT2D eigenvalue weighted by atomic mass is 32.2. The van der Waals surface area contributed by atoms with E-state index in [1.54, 1.807) is 47.0 Å². The van der Waals surface area contributed by atoms with E-state index in [1.807, 2.05) is 24.3 Å². The molecule has 4 heterocycles. The molecule has 4 aliphatic rings. The first-order chi connectivity index (χ1) is 22.6. The molecule has 0 aromatic heterocycles. The van der Waals surface area contributed by atoms with E-state index in [4.69, 9.17) is 37.9 Å². The van der Waals surface area contributed by atoms with Crippen LogP contribution in [0.25, 0.3) is 0 Å². The molecule has 1 aromatic rings. The highest BCUT2D eigenvalue weighted by Gasteiger charge is 2.41. The fourth-order valence-electron chi connectivity index (χ4n) is 5.51. The zero-order chi connectivity index (χ0) is 31.9. The Morgan fingerprint density at radius 1 is 0.478 bits per heavy atom. The van der Waals surface area contributed by atoms with Crippen molar-refractivity contribution in [2.75, 3.05) is 129 Å². The van der Waals surface area contributed by atoms with Gasteiger partial charge in [-0.05, 0) is 11.1 Å². The van der Waals surface area contributed by atoms with Crippen LogP contribution in [-0.2, 0) is 37.9 Å². The van der Waals surface area contributed by atoms with Gasteiger partial charge in [-0.15, -0.1) is 47.0 Å². The van der Waals surface area contributed by atoms with Gasteiger partial charge in [0.2, 0.25) is 0 Å². The second-order valence-electron chi connectivity index (χ2n) is 12.2. The molecule has 4 fully saturated rings. The molecule has 10 nitrogen and oxygen atoms in total. The molecule has 0 bridgehead atoms. The van der Waals surface area contributed by atoms with Gasteiger partial charge in [0.1, 0.15) is 0 Å². The molecule has 5 rings (SSSR count). The minimum Gasteiger partial charge on any atom is -0.386 e. The maximum Gasteiger partial charge on any atom is 0.1000 e. The molecule has 4 aliphatic heterocycles. The van der Waals surface area contributed by atoms with Crippen LogP contribution in [0.1, 0.15) is 23.3 Å². The van der Waals surface area contributed by atoms with Crippen molar-refractivity contribution in [3.8, 4) is 0 Å². The molecule has 14 heteroatoms. The highest BCUT2D eigenvalue weighted by molar-refractivity contribution is 8.18. The second-order valence-corrected chi connectivity index (χ2v) is 17.3. The van der Waals surface area contributed by atoms with E-state index in [0.29, 0.717) is 106 Å². The van der Waals surface area contributed by atoms with Crippen LogP contribution in [0.15, 0.2) is 24.3 Å². The van der Waals surface area contributed by atoms with Crippen LogP contribution in [-0.4, -0.2) is 148 Å². The zero-order valence-electron chi connectivity index (χ0n) is 26.6. The van der Waals surface area contributed by atoms with Gasteiger partial charge < -0.3 is 48.1 Å². The maximum atomic E-state index is 11.5. The van der Waals surface area contributed by atoms with Crippen LogP contribution in [0.3, 0.4) is 0 Å². The largest absolute Gasteiger partial charge is 0.386 e. The summed E-state index contributed by atoms with van der Waals surface area (Å²) in [5.74, 6) is 3.32. The molecule has 2 N–H and O–H groups in total. The minimum absolute atomic E-state index is 0.0197. The fraction of sp³-hybridized carbons (Fsp3) is 0.812. The Bertz CT molecular complexity index is 888. The van der Waals surface area contributed by atoms with Gasteiger partial charge in [0.25, 0.3) is 0 Å². The molecule has 2 spiro atoms. The first kappa shape index (κ1) is 37.5. The monoisotopic (exact) mass is 722 g/mol. The van der Waals surface area contributed by atoms with Crippen LogP contribution in [0, 0.1) is 10.8 Å². The van der Waals surface area contributed by atoms with Gasteiger partial charge in [0, 0.05) is 33.8 Å². The topological polar surface area (TPSA) is 114 Å². The van der Waals surface area contributed by atoms with E-state index in [0.717, 1.165) is 34.1 Å². The number of rotatable bonds is 4. The predicted octanol–water partition coefficient (Wildman–Crippen LogP) is 3.50. The van der Waals surface area contributed by atoms with Crippen LogP contribution in [0.5, 0.6) is 0 Å². The van der Waals surface area contributed by atoms with Crippen molar-refractivity contribution < 1.29 is 48.1 Å². The maximum absolute atomic E-state index is 11.5. The molecular formula is C32H50O10S4. The smallest absolute Gasteiger partial charge is 0.1000 e. The molecule has 4 saturated heterocycles.